The van der Waals surface area contributed by atoms with E-state index in [1.807, 2.05) is 22.6 Å². The van der Waals surface area contributed by atoms with Gasteiger partial charge < -0.3 is 5.11 Å². The van der Waals surface area contributed by atoms with Gasteiger partial charge in [-0.3, -0.25) is 4.90 Å². The van der Waals surface area contributed by atoms with Crippen LogP contribution in [0.3, 0.4) is 0 Å². The maximum absolute atomic E-state index is 10.6. The van der Waals surface area contributed by atoms with Crippen LogP contribution in [-0.2, 0) is 0 Å². The number of anilines is 1. The Hall–Kier alpha value is -0.560. The number of halogens is 2. The highest BCUT2D eigenvalue weighted by Crippen LogP contribution is 2.27. The highest BCUT2D eigenvalue weighted by molar-refractivity contribution is 14.1. The SMILES string of the molecule is CN(C(=O)O)c1c(I)ccnc1Cl. The highest BCUT2D eigenvalue weighted by Gasteiger charge is 2.15. The van der Waals surface area contributed by atoms with Gasteiger partial charge >= 0.3 is 6.09 Å². The van der Waals surface area contributed by atoms with Crippen LogP contribution < -0.4 is 4.90 Å². The lowest BCUT2D eigenvalue weighted by molar-refractivity contribution is 0.203. The molecule has 0 aromatic carbocycles. The molecule has 1 aromatic rings. The van der Waals surface area contributed by atoms with Crippen molar-refractivity contribution < 1.29 is 9.90 Å². The predicted molar refractivity (Wildman–Crippen MR) is 58.4 cm³/mol. The van der Waals surface area contributed by atoms with E-state index in [1.54, 1.807) is 6.07 Å². The number of nitrogens with zero attached hydrogens (tertiary/aromatic N) is 2. The Bertz CT molecular complexity index is 325. The first-order chi connectivity index (χ1) is 6.04. The Balaban J connectivity index is 3.20. The van der Waals surface area contributed by atoms with Crippen LogP contribution in [0.25, 0.3) is 0 Å². The van der Waals surface area contributed by atoms with Crippen molar-refractivity contribution in [1.29, 1.82) is 0 Å². The second-order valence-electron chi connectivity index (χ2n) is 2.27. The van der Waals surface area contributed by atoms with E-state index in [1.165, 1.54) is 13.2 Å². The molecule has 0 saturated heterocycles. The van der Waals surface area contributed by atoms with Crippen LogP contribution in [0.1, 0.15) is 0 Å². The van der Waals surface area contributed by atoms with E-state index in [2.05, 4.69) is 4.98 Å². The first-order valence-corrected chi connectivity index (χ1v) is 4.76. The van der Waals surface area contributed by atoms with Gasteiger partial charge in [0, 0.05) is 16.8 Å². The Morgan fingerprint density at radius 1 is 1.77 bits per heavy atom. The largest absolute Gasteiger partial charge is 0.465 e. The molecule has 0 unspecified atom stereocenters. The van der Waals surface area contributed by atoms with Crippen LogP contribution in [0, 0.1) is 3.57 Å². The molecule has 1 amide bonds. The van der Waals surface area contributed by atoms with E-state index < -0.39 is 6.09 Å². The minimum absolute atomic E-state index is 0.191. The zero-order valence-electron chi connectivity index (χ0n) is 6.66. The van der Waals surface area contributed by atoms with E-state index >= 15 is 0 Å². The first-order valence-electron chi connectivity index (χ1n) is 3.30. The zero-order chi connectivity index (χ0) is 10.0. The normalized spacial score (nSPS) is 9.77. The standard InChI is InChI=1S/C7H6ClIN2O2/c1-11(7(12)13)5-4(9)2-3-10-6(5)8/h2-3H,1H3,(H,12,13). The third-order valence-electron chi connectivity index (χ3n) is 1.45. The Labute approximate surface area is 93.7 Å². The summed E-state index contributed by atoms with van der Waals surface area (Å²) in [4.78, 5) is 15.5. The first kappa shape index (κ1) is 10.5. The van der Waals surface area contributed by atoms with Crippen LogP contribution in [0.4, 0.5) is 10.5 Å². The maximum Gasteiger partial charge on any atom is 0.411 e. The van der Waals surface area contributed by atoms with Crippen molar-refractivity contribution in [3.05, 3.63) is 21.0 Å². The molecule has 0 bridgehead atoms. The fourth-order valence-corrected chi connectivity index (χ4v) is 2.02. The summed E-state index contributed by atoms with van der Waals surface area (Å²) >= 11 is 7.75. The van der Waals surface area contributed by atoms with E-state index in [-0.39, 0.29) is 5.15 Å². The summed E-state index contributed by atoms with van der Waals surface area (Å²) in [5.74, 6) is 0. The van der Waals surface area contributed by atoms with Gasteiger partial charge in [0.05, 0.1) is 5.69 Å². The van der Waals surface area contributed by atoms with Crippen molar-refractivity contribution in [2.24, 2.45) is 0 Å². The molecule has 1 heterocycles. The maximum atomic E-state index is 10.6. The van der Waals surface area contributed by atoms with Gasteiger partial charge in [0.1, 0.15) is 0 Å². The lowest BCUT2D eigenvalue weighted by Crippen LogP contribution is -2.25. The highest BCUT2D eigenvalue weighted by atomic mass is 127. The van der Waals surface area contributed by atoms with E-state index in [9.17, 15) is 4.79 Å². The quantitative estimate of drug-likeness (QED) is 0.640. The van der Waals surface area contributed by atoms with Crippen LogP contribution in [-0.4, -0.2) is 23.2 Å². The molecule has 0 fully saturated rings. The molecule has 0 saturated carbocycles. The van der Waals surface area contributed by atoms with Gasteiger partial charge in [-0.2, -0.15) is 0 Å². The number of rotatable bonds is 1. The summed E-state index contributed by atoms with van der Waals surface area (Å²) in [5, 5.41) is 8.91. The van der Waals surface area contributed by atoms with Crippen LogP contribution in [0.2, 0.25) is 5.15 Å². The van der Waals surface area contributed by atoms with Crippen LogP contribution >= 0.6 is 34.2 Å². The Morgan fingerprint density at radius 3 is 2.85 bits per heavy atom. The van der Waals surface area contributed by atoms with Crippen LogP contribution in [0.15, 0.2) is 12.3 Å². The molecule has 1 rings (SSSR count). The molecule has 0 atom stereocenters. The third-order valence-corrected chi connectivity index (χ3v) is 2.60. The molecule has 13 heavy (non-hydrogen) atoms. The Morgan fingerprint density at radius 2 is 2.38 bits per heavy atom. The topological polar surface area (TPSA) is 53.4 Å². The monoisotopic (exact) mass is 312 g/mol. The van der Waals surface area contributed by atoms with E-state index in [0.29, 0.717) is 5.69 Å². The molecule has 1 aromatic heterocycles. The molecular formula is C7H6ClIN2O2. The summed E-state index contributed by atoms with van der Waals surface area (Å²) in [6.07, 6.45) is 0.469. The molecule has 0 aliphatic carbocycles. The van der Waals surface area contributed by atoms with Gasteiger partial charge in [0.2, 0.25) is 0 Å². The number of pyridine rings is 1. The minimum Gasteiger partial charge on any atom is -0.465 e. The number of hydrogen-bond donors (Lipinski definition) is 1. The van der Waals surface area contributed by atoms with Gasteiger partial charge in [-0.15, -0.1) is 0 Å². The van der Waals surface area contributed by atoms with Crippen molar-refractivity contribution >= 4 is 46.0 Å². The molecule has 0 radical (unpaired) electrons. The van der Waals surface area contributed by atoms with Gasteiger partial charge in [-0.25, -0.2) is 9.78 Å². The molecule has 0 aliphatic heterocycles. The van der Waals surface area contributed by atoms with E-state index in [0.717, 1.165) is 8.47 Å². The molecule has 70 valence electrons. The van der Waals surface area contributed by atoms with Gasteiger partial charge in [0.15, 0.2) is 5.15 Å². The fraction of sp³-hybridized carbons (Fsp3) is 0.143. The second-order valence-corrected chi connectivity index (χ2v) is 3.79. The summed E-state index contributed by atoms with van der Waals surface area (Å²) < 4.78 is 0.752. The average Bonchev–Trinajstić information content (AvgIpc) is 2.03. The van der Waals surface area contributed by atoms with Crippen molar-refractivity contribution in [1.82, 2.24) is 4.98 Å². The lowest BCUT2D eigenvalue weighted by atomic mass is 10.4. The molecule has 1 N–H and O–H groups in total. The zero-order valence-corrected chi connectivity index (χ0v) is 9.57. The number of amides is 1. The second kappa shape index (κ2) is 4.10. The van der Waals surface area contributed by atoms with Gasteiger partial charge in [-0.05, 0) is 28.7 Å². The Kier molecular flexibility index (Phi) is 3.32. The molecular weight excluding hydrogens is 306 g/mol. The predicted octanol–water partition coefficient (Wildman–Crippen LogP) is 2.45. The van der Waals surface area contributed by atoms with Gasteiger partial charge in [-0.1, -0.05) is 11.6 Å². The number of carbonyl (C=O) groups is 1. The third kappa shape index (κ3) is 2.22. The minimum atomic E-state index is -1.06. The smallest absolute Gasteiger partial charge is 0.411 e. The average molecular weight is 312 g/mol. The number of aromatic nitrogens is 1. The summed E-state index contributed by atoms with van der Waals surface area (Å²) in [5.41, 5.74) is 0.414. The van der Waals surface area contributed by atoms with E-state index in [4.69, 9.17) is 16.7 Å². The number of hydrogen-bond acceptors (Lipinski definition) is 2. The summed E-state index contributed by atoms with van der Waals surface area (Å²) in [6.45, 7) is 0. The van der Waals surface area contributed by atoms with Crippen molar-refractivity contribution in [3.8, 4) is 0 Å². The fourth-order valence-electron chi connectivity index (χ4n) is 0.801. The molecule has 0 aliphatic rings. The van der Waals surface area contributed by atoms with Crippen molar-refractivity contribution in [3.63, 3.8) is 0 Å². The van der Waals surface area contributed by atoms with Crippen molar-refractivity contribution in [2.45, 2.75) is 0 Å². The summed E-state index contributed by atoms with van der Waals surface area (Å²) in [7, 11) is 1.42. The molecule has 6 heteroatoms. The van der Waals surface area contributed by atoms with Crippen molar-refractivity contribution in [2.75, 3.05) is 11.9 Å². The lowest BCUT2D eigenvalue weighted by Gasteiger charge is -2.15. The van der Waals surface area contributed by atoms with Gasteiger partial charge in [0.25, 0.3) is 0 Å². The number of carboxylic acid groups (broad SMARTS) is 1. The summed E-state index contributed by atoms with van der Waals surface area (Å²) in [6, 6.07) is 1.70. The van der Waals surface area contributed by atoms with Crippen LogP contribution in [0.5, 0.6) is 0 Å². The molecule has 4 nitrogen and oxygen atoms in total. The molecule has 0 spiro atoms.